The number of alkyl halides is 3. The molecular weight excluding hydrogens is 265 g/mol. The van der Waals surface area contributed by atoms with Crippen molar-refractivity contribution in [2.45, 2.75) is 6.18 Å². The monoisotopic (exact) mass is 272 g/mol. The zero-order valence-corrected chi connectivity index (χ0v) is 9.22. The van der Waals surface area contributed by atoms with Gasteiger partial charge in [0.25, 0.3) is 0 Å². The number of nitrogens with zero attached hydrogens (tertiary/aromatic N) is 3. The van der Waals surface area contributed by atoms with Crippen molar-refractivity contribution < 1.29 is 23.1 Å². The van der Waals surface area contributed by atoms with E-state index >= 15 is 0 Å². The molecule has 9 heteroatoms. The topological polar surface area (TPSA) is 94.0 Å². The number of carboxylic acids is 1. The Hall–Kier alpha value is -2.58. The molecule has 0 aliphatic carbocycles. The first-order valence-corrected chi connectivity index (χ1v) is 4.92. The highest BCUT2D eigenvalue weighted by atomic mass is 19.4. The van der Waals surface area contributed by atoms with Crippen LogP contribution in [0.2, 0.25) is 0 Å². The second kappa shape index (κ2) is 4.26. The van der Waals surface area contributed by atoms with Crippen LogP contribution in [0.4, 0.5) is 19.0 Å². The third-order valence-electron chi connectivity index (χ3n) is 2.28. The van der Waals surface area contributed by atoms with E-state index < -0.39 is 17.8 Å². The molecule has 0 spiro atoms. The predicted octanol–water partition coefficient (Wildman–Crippen LogP) is 1.57. The molecule has 0 saturated carbocycles. The van der Waals surface area contributed by atoms with Crippen LogP contribution < -0.4 is 5.73 Å². The van der Waals surface area contributed by atoms with Crippen molar-refractivity contribution in [3.8, 4) is 5.82 Å². The molecule has 0 fully saturated rings. The smallest absolute Gasteiger partial charge is 0.433 e. The lowest BCUT2D eigenvalue weighted by Crippen LogP contribution is -2.12. The van der Waals surface area contributed by atoms with Crippen LogP contribution in [0, 0.1) is 0 Å². The molecule has 2 rings (SSSR count). The summed E-state index contributed by atoms with van der Waals surface area (Å²) in [5.41, 5.74) is 4.07. The Morgan fingerprint density at radius 1 is 1.37 bits per heavy atom. The molecule has 0 bridgehead atoms. The summed E-state index contributed by atoms with van der Waals surface area (Å²) in [7, 11) is 0. The third-order valence-corrected chi connectivity index (χ3v) is 2.28. The van der Waals surface area contributed by atoms with Gasteiger partial charge in [0.2, 0.25) is 0 Å². The number of carboxylic acid groups (broad SMARTS) is 1. The average Bonchev–Trinajstić information content (AvgIpc) is 2.70. The number of hydrogen-bond donors (Lipinski definition) is 2. The van der Waals surface area contributed by atoms with E-state index in [0.717, 1.165) is 23.0 Å². The van der Waals surface area contributed by atoms with Gasteiger partial charge >= 0.3 is 12.1 Å². The highest BCUT2D eigenvalue weighted by molar-refractivity contribution is 5.92. The number of carbonyl (C=O) groups is 1. The zero-order chi connectivity index (χ0) is 14.2. The van der Waals surface area contributed by atoms with Crippen LogP contribution >= 0.6 is 0 Å². The number of nitrogen functional groups attached to an aromatic ring is 1. The Morgan fingerprint density at radius 3 is 2.58 bits per heavy atom. The van der Waals surface area contributed by atoms with E-state index in [-0.39, 0.29) is 17.2 Å². The molecule has 0 aliphatic heterocycles. The third kappa shape index (κ3) is 2.34. The molecule has 2 aromatic rings. The van der Waals surface area contributed by atoms with Crippen LogP contribution in [-0.4, -0.2) is 25.8 Å². The van der Waals surface area contributed by atoms with E-state index in [1.54, 1.807) is 0 Å². The summed E-state index contributed by atoms with van der Waals surface area (Å²) in [4.78, 5) is 14.1. The van der Waals surface area contributed by atoms with Gasteiger partial charge in [-0.05, 0) is 12.1 Å². The normalized spacial score (nSPS) is 11.5. The minimum Gasteiger partial charge on any atom is -0.477 e. The molecule has 2 heterocycles. The molecule has 0 amide bonds. The fraction of sp³-hybridized carbons (Fsp3) is 0.100. The first kappa shape index (κ1) is 12.9. The molecule has 0 radical (unpaired) electrons. The van der Waals surface area contributed by atoms with Crippen LogP contribution in [-0.2, 0) is 6.18 Å². The lowest BCUT2D eigenvalue weighted by molar-refractivity contribution is -0.141. The Morgan fingerprint density at radius 2 is 2.05 bits per heavy atom. The van der Waals surface area contributed by atoms with Crippen molar-refractivity contribution >= 4 is 11.8 Å². The van der Waals surface area contributed by atoms with Gasteiger partial charge in [0, 0.05) is 0 Å². The van der Waals surface area contributed by atoms with Crippen LogP contribution in [0.1, 0.15) is 16.1 Å². The number of rotatable bonds is 2. The molecular formula is C10H7F3N4O2. The van der Waals surface area contributed by atoms with Gasteiger partial charge in [-0.15, -0.1) is 0 Å². The fourth-order valence-corrected chi connectivity index (χ4v) is 1.40. The van der Waals surface area contributed by atoms with E-state index in [2.05, 4.69) is 10.1 Å². The molecule has 100 valence electrons. The molecule has 19 heavy (non-hydrogen) atoms. The molecule has 0 aliphatic rings. The van der Waals surface area contributed by atoms with Crippen molar-refractivity contribution in [3.05, 3.63) is 35.7 Å². The molecule has 0 atom stereocenters. The zero-order valence-electron chi connectivity index (χ0n) is 9.22. The molecule has 0 saturated heterocycles. The number of hydrogen-bond acceptors (Lipinski definition) is 4. The standard InChI is InChI=1S/C10H7F3N4O2/c11-10(12,13)6-2-1-3-7(16-6)17-8(14)5(4-15-17)9(18)19/h1-4H,14H2,(H,18,19). The molecule has 2 aromatic heterocycles. The Balaban J connectivity index is 2.51. The number of pyridine rings is 1. The van der Waals surface area contributed by atoms with E-state index in [1.165, 1.54) is 6.07 Å². The molecule has 6 nitrogen and oxygen atoms in total. The Labute approximate surface area is 104 Å². The lowest BCUT2D eigenvalue weighted by atomic mass is 10.3. The van der Waals surface area contributed by atoms with Gasteiger partial charge in [-0.3, -0.25) is 0 Å². The largest absolute Gasteiger partial charge is 0.477 e. The van der Waals surface area contributed by atoms with Crippen LogP contribution in [0.15, 0.2) is 24.4 Å². The average molecular weight is 272 g/mol. The summed E-state index contributed by atoms with van der Waals surface area (Å²) in [6, 6.07) is 3.16. The second-order valence-corrected chi connectivity index (χ2v) is 3.54. The summed E-state index contributed by atoms with van der Waals surface area (Å²) in [6.07, 6.45) is -3.66. The van der Waals surface area contributed by atoms with E-state index in [1.807, 2.05) is 0 Å². The van der Waals surface area contributed by atoms with Crippen molar-refractivity contribution in [2.24, 2.45) is 0 Å². The number of aromatic carboxylic acids is 1. The fourth-order valence-electron chi connectivity index (χ4n) is 1.40. The second-order valence-electron chi connectivity index (χ2n) is 3.54. The minimum absolute atomic E-state index is 0.208. The number of nitrogens with two attached hydrogens (primary N) is 1. The van der Waals surface area contributed by atoms with Gasteiger partial charge in [-0.25, -0.2) is 9.78 Å². The maximum Gasteiger partial charge on any atom is 0.433 e. The van der Waals surface area contributed by atoms with Crippen molar-refractivity contribution in [2.75, 3.05) is 5.73 Å². The lowest BCUT2D eigenvalue weighted by Gasteiger charge is -2.08. The van der Waals surface area contributed by atoms with Crippen LogP contribution in [0.25, 0.3) is 5.82 Å². The number of aromatic nitrogens is 3. The van der Waals surface area contributed by atoms with Gasteiger partial charge < -0.3 is 10.8 Å². The van der Waals surface area contributed by atoms with Crippen molar-refractivity contribution in [3.63, 3.8) is 0 Å². The molecule has 3 N–H and O–H groups in total. The molecule has 0 unspecified atom stereocenters. The van der Waals surface area contributed by atoms with Crippen molar-refractivity contribution in [1.82, 2.24) is 14.8 Å². The maximum atomic E-state index is 12.5. The van der Waals surface area contributed by atoms with E-state index in [9.17, 15) is 18.0 Å². The Bertz CT molecular complexity index is 636. The van der Waals surface area contributed by atoms with Crippen molar-refractivity contribution in [1.29, 1.82) is 0 Å². The summed E-state index contributed by atoms with van der Waals surface area (Å²) in [6.45, 7) is 0. The van der Waals surface area contributed by atoms with Gasteiger partial charge in [0.1, 0.15) is 17.1 Å². The maximum absolute atomic E-state index is 12.5. The van der Waals surface area contributed by atoms with Crippen LogP contribution in [0.3, 0.4) is 0 Å². The van der Waals surface area contributed by atoms with Gasteiger partial charge in [-0.1, -0.05) is 6.07 Å². The van der Waals surface area contributed by atoms with Gasteiger partial charge in [0.05, 0.1) is 6.20 Å². The summed E-state index contributed by atoms with van der Waals surface area (Å²) in [5, 5.41) is 12.4. The first-order chi connectivity index (χ1) is 8.80. The minimum atomic E-state index is -4.60. The SMILES string of the molecule is Nc1c(C(=O)O)cnn1-c1cccc(C(F)(F)F)n1. The molecule has 0 aromatic carbocycles. The predicted molar refractivity (Wildman–Crippen MR) is 57.7 cm³/mol. The Kier molecular flexibility index (Phi) is 2.89. The highest BCUT2D eigenvalue weighted by Crippen LogP contribution is 2.28. The summed E-state index contributed by atoms with van der Waals surface area (Å²) < 4.78 is 38.3. The first-order valence-electron chi connectivity index (χ1n) is 4.92. The van der Waals surface area contributed by atoms with Gasteiger partial charge in [-0.2, -0.15) is 23.0 Å². The quantitative estimate of drug-likeness (QED) is 0.865. The van der Waals surface area contributed by atoms with E-state index in [0.29, 0.717) is 0 Å². The van der Waals surface area contributed by atoms with E-state index in [4.69, 9.17) is 10.8 Å². The summed E-state index contributed by atoms with van der Waals surface area (Å²) in [5.74, 6) is -1.82. The number of halogens is 3. The van der Waals surface area contributed by atoms with Gasteiger partial charge in [0.15, 0.2) is 5.82 Å². The summed E-state index contributed by atoms with van der Waals surface area (Å²) >= 11 is 0. The van der Waals surface area contributed by atoms with Crippen LogP contribution in [0.5, 0.6) is 0 Å². The highest BCUT2D eigenvalue weighted by Gasteiger charge is 2.32. The number of anilines is 1.